The van der Waals surface area contributed by atoms with E-state index >= 15 is 0 Å². The number of rotatable bonds is 5. The molecule has 0 saturated heterocycles. The van der Waals surface area contributed by atoms with Crippen molar-refractivity contribution < 1.29 is 12.4 Å². The second kappa shape index (κ2) is 8.39. The van der Waals surface area contributed by atoms with Gasteiger partial charge in [-0.3, -0.25) is 0 Å². The van der Waals surface area contributed by atoms with Gasteiger partial charge in [0.1, 0.15) is 0 Å². The predicted octanol–water partition coefficient (Wildman–Crippen LogP) is 1.39. The summed E-state index contributed by atoms with van der Waals surface area (Å²) >= 11 is 1.43. The van der Waals surface area contributed by atoms with Gasteiger partial charge in [-0.05, 0) is 35.1 Å². The van der Waals surface area contributed by atoms with E-state index in [4.69, 9.17) is 0 Å². The zero-order valence-electron chi connectivity index (χ0n) is 12.6. The molecule has 0 amide bonds. The highest BCUT2D eigenvalue weighted by Gasteiger charge is 2.24. The molecule has 1 aliphatic heterocycles. The Balaban J connectivity index is 0.00000192. The van der Waals surface area contributed by atoms with Gasteiger partial charge in [-0.1, -0.05) is 39.9 Å². The molecule has 0 bridgehead atoms. The number of hydrazine groups is 1. The van der Waals surface area contributed by atoms with Crippen LogP contribution in [0.3, 0.4) is 0 Å². The van der Waals surface area contributed by atoms with Crippen LogP contribution < -0.4 is 17.7 Å². The zero-order valence-corrected chi connectivity index (χ0v) is 14.1. The summed E-state index contributed by atoms with van der Waals surface area (Å²) in [5.41, 5.74) is 3.13. The summed E-state index contributed by atoms with van der Waals surface area (Å²) in [7, 11) is 1.87. The highest BCUT2D eigenvalue weighted by Crippen LogP contribution is 2.24. The number of benzene rings is 2. The first-order chi connectivity index (χ1) is 10.8. The van der Waals surface area contributed by atoms with Crippen molar-refractivity contribution >= 4 is 23.3 Å². The Labute approximate surface area is 146 Å². The summed E-state index contributed by atoms with van der Waals surface area (Å²) in [4.78, 5) is 0. The Morgan fingerprint density at radius 1 is 1.09 bits per heavy atom. The van der Waals surface area contributed by atoms with Crippen LogP contribution >= 0.6 is 11.9 Å². The second-order valence-corrected chi connectivity index (χ2v) is 5.48. The van der Waals surface area contributed by atoms with Crippen LogP contribution in [0.1, 0.15) is 5.56 Å². The zero-order chi connectivity index (χ0) is 15.2. The molecule has 2 aromatic rings. The molecule has 0 fully saturated rings. The maximum Gasteiger partial charge on any atom is 0.403 e. The molecule has 0 aromatic heterocycles. The van der Waals surface area contributed by atoms with Crippen LogP contribution in [-0.4, -0.2) is 16.6 Å². The summed E-state index contributed by atoms with van der Waals surface area (Å²) in [6, 6.07) is 18.2. The Bertz CT molecular complexity index is 660. The Morgan fingerprint density at radius 2 is 1.83 bits per heavy atom. The Hall–Kier alpha value is -2.27. The van der Waals surface area contributed by atoms with E-state index in [1.165, 1.54) is 17.5 Å². The number of nitrogens with one attached hydrogen (secondary N) is 1. The van der Waals surface area contributed by atoms with Crippen molar-refractivity contribution in [3.63, 3.8) is 0 Å². The van der Waals surface area contributed by atoms with Gasteiger partial charge in [-0.15, -0.1) is 5.11 Å². The predicted molar refractivity (Wildman–Crippen MR) is 89.7 cm³/mol. The van der Waals surface area contributed by atoms with Crippen molar-refractivity contribution in [1.29, 1.82) is 0 Å². The summed E-state index contributed by atoms with van der Waals surface area (Å²) in [5.74, 6) is 0. The molecular formula is C16H16ClN5S. The Kier molecular flexibility index (Phi) is 6.23. The van der Waals surface area contributed by atoms with Crippen LogP contribution in [-0.2, 0) is 6.54 Å². The molecule has 0 unspecified atom stereocenters. The molecule has 118 valence electrons. The monoisotopic (exact) mass is 345 g/mol. The third-order valence-corrected chi connectivity index (χ3v) is 3.80. The summed E-state index contributed by atoms with van der Waals surface area (Å²) in [6.07, 6.45) is 2.98. The minimum Gasteiger partial charge on any atom is -1.00 e. The van der Waals surface area contributed by atoms with Crippen molar-refractivity contribution in [2.24, 2.45) is 10.3 Å². The lowest BCUT2D eigenvalue weighted by Crippen LogP contribution is -3.00. The summed E-state index contributed by atoms with van der Waals surface area (Å²) < 4.78 is 1.65. The smallest absolute Gasteiger partial charge is 0.403 e. The SMILES string of the molecule is CN1[C+]=CSN1N=Nc1ccc(NCc2ccccc2)cc1.[Cl-]. The number of nitrogens with zero attached hydrogens (tertiary/aromatic N) is 4. The van der Waals surface area contributed by atoms with Gasteiger partial charge in [0.25, 0.3) is 5.41 Å². The fourth-order valence-electron chi connectivity index (χ4n) is 1.88. The molecule has 0 spiro atoms. The molecule has 23 heavy (non-hydrogen) atoms. The van der Waals surface area contributed by atoms with Gasteiger partial charge in [-0.25, -0.2) is 0 Å². The van der Waals surface area contributed by atoms with Gasteiger partial charge in [0.15, 0.2) is 0 Å². The van der Waals surface area contributed by atoms with E-state index in [1.54, 1.807) is 9.53 Å². The van der Waals surface area contributed by atoms with Crippen LogP contribution in [0.4, 0.5) is 11.4 Å². The van der Waals surface area contributed by atoms with Gasteiger partial charge in [0, 0.05) is 12.2 Å². The maximum absolute atomic E-state index is 4.20. The molecule has 1 heterocycles. The minimum atomic E-state index is 0. The first-order valence-corrected chi connectivity index (χ1v) is 7.73. The molecule has 7 heteroatoms. The first-order valence-electron chi connectivity index (χ1n) is 6.89. The van der Waals surface area contributed by atoms with Gasteiger partial charge < -0.3 is 17.7 Å². The summed E-state index contributed by atoms with van der Waals surface area (Å²) in [6.45, 7) is 0.804. The molecule has 5 nitrogen and oxygen atoms in total. The highest BCUT2D eigenvalue weighted by molar-refractivity contribution is 7.99. The number of hydrogen-bond acceptors (Lipinski definition) is 5. The lowest BCUT2D eigenvalue weighted by Gasteiger charge is -2.08. The molecule has 1 aliphatic rings. The average molecular weight is 346 g/mol. The van der Waals surface area contributed by atoms with E-state index in [0.717, 1.165) is 17.9 Å². The van der Waals surface area contributed by atoms with Gasteiger partial charge in [-0.2, -0.15) is 0 Å². The third kappa shape index (κ3) is 4.86. The standard InChI is InChI=1S/C16H16N5S.ClH/c1-20-11-12-22-21(20)19-18-16-9-7-15(8-10-16)17-13-14-5-3-2-4-6-14;/h2-10,12,17H,13H2,1H3;1H/q+1;/p-1. The number of hydrogen-bond donors (Lipinski definition) is 1. The molecule has 0 radical (unpaired) electrons. The molecule has 2 aromatic carbocycles. The van der Waals surface area contributed by atoms with E-state index in [2.05, 4.69) is 34.0 Å². The van der Waals surface area contributed by atoms with Crippen LogP contribution in [0, 0.1) is 6.20 Å². The van der Waals surface area contributed by atoms with E-state index in [9.17, 15) is 0 Å². The fourth-order valence-corrected chi connectivity index (χ4v) is 2.45. The highest BCUT2D eigenvalue weighted by atomic mass is 35.5. The molecule has 3 rings (SSSR count). The average Bonchev–Trinajstić information content (AvgIpc) is 2.98. The number of anilines is 1. The largest absolute Gasteiger partial charge is 1.00 e. The van der Waals surface area contributed by atoms with E-state index < -0.39 is 0 Å². The van der Waals surface area contributed by atoms with E-state index in [0.29, 0.717) is 0 Å². The van der Waals surface area contributed by atoms with Crippen LogP contribution in [0.2, 0.25) is 0 Å². The van der Waals surface area contributed by atoms with Crippen molar-refractivity contribution in [2.75, 3.05) is 12.4 Å². The summed E-state index contributed by atoms with van der Waals surface area (Å²) in [5, 5.41) is 15.3. The molecule has 1 N–H and O–H groups in total. The normalized spacial score (nSPS) is 13.1. The maximum atomic E-state index is 4.20. The lowest BCUT2D eigenvalue weighted by molar-refractivity contribution is -0.00000451. The fraction of sp³-hybridized carbons (Fsp3) is 0.125. The van der Waals surface area contributed by atoms with E-state index in [-0.39, 0.29) is 12.4 Å². The molecular weight excluding hydrogens is 330 g/mol. The van der Waals surface area contributed by atoms with Crippen molar-refractivity contribution in [1.82, 2.24) is 9.53 Å². The van der Waals surface area contributed by atoms with Crippen LogP contribution in [0.5, 0.6) is 0 Å². The quantitative estimate of drug-likeness (QED) is 0.505. The van der Waals surface area contributed by atoms with Gasteiger partial charge in [0.2, 0.25) is 0 Å². The molecule has 0 saturated carbocycles. The van der Waals surface area contributed by atoms with Crippen molar-refractivity contribution in [2.45, 2.75) is 6.54 Å². The lowest BCUT2D eigenvalue weighted by atomic mass is 10.2. The third-order valence-electron chi connectivity index (χ3n) is 3.09. The van der Waals surface area contributed by atoms with Gasteiger partial charge in [0.05, 0.1) is 24.7 Å². The second-order valence-electron chi connectivity index (χ2n) is 4.70. The Morgan fingerprint density at radius 3 is 2.48 bits per heavy atom. The van der Waals surface area contributed by atoms with Crippen LogP contribution in [0.25, 0.3) is 0 Å². The topological polar surface area (TPSA) is 43.2 Å². The first kappa shape index (κ1) is 17.1. The van der Waals surface area contributed by atoms with Crippen LogP contribution in [0.15, 0.2) is 70.3 Å². The number of halogens is 1. The van der Waals surface area contributed by atoms with E-state index in [1.807, 2.05) is 54.9 Å². The molecule has 0 aliphatic carbocycles. The van der Waals surface area contributed by atoms with Crippen molar-refractivity contribution in [3.05, 3.63) is 71.8 Å². The van der Waals surface area contributed by atoms with Crippen molar-refractivity contribution in [3.8, 4) is 0 Å². The molecule has 0 atom stereocenters. The minimum absolute atomic E-state index is 0. The van der Waals surface area contributed by atoms with Gasteiger partial charge >= 0.3 is 6.20 Å².